The van der Waals surface area contributed by atoms with Gasteiger partial charge in [-0.05, 0) is 37.7 Å². The van der Waals surface area contributed by atoms with E-state index in [2.05, 4.69) is 55.3 Å². The first kappa shape index (κ1) is 16.0. The van der Waals surface area contributed by atoms with Crippen LogP contribution in [0.25, 0.3) is 0 Å². The van der Waals surface area contributed by atoms with Gasteiger partial charge < -0.3 is 4.90 Å². The second-order valence-electron chi connectivity index (χ2n) is 5.88. The molecule has 2 unspecified atom stereocenters. The zero-order valence-corrected chi connectivity index (χ0v) is 13.5. The Balaban J connectivity index is 2.00. The van der Waals surface area contributed by atoms with Crippen LogP contribution in [0.3, 0.4) is 0 Å². The van der Waals surface area contributed by atoms with Gasteiger partial charge in [0.2, 0.25) is 5.91 Å². The first-order valence-corrected chi connectivity index (χ1v) is 8.33. The quantitative estimate of drug-likeness (QED) is 0.834. The Kier molecular flexibility index (Phi) is 5.80. The molecule has 1 heterocycles. The van der Waals surface area contributed by atoms with Crippen LogP contribution in [0.4, 0.5) is 0 Å². The van der Waals surface area contributed by atoms with Crippen LogP contribution in [0.2, 0.25) is 0 Å². The minimum absolute atomic E-state index is 0.0178. The number of rotatable bonds is 7. The fourth-order valence-corrected chi connectivity index (χ4v) is 3.31. The molecule has 1 aromatic rings. The van der Waals surface area contributed by atoms with E-state index in [-0.39, 0.29) is 12.2 Å². The number of benzene rings is 1. The van der Waals surface area contributed by atoms with Crippen LogP contribution in [-0.2, 0) is 11.2 Å². The van der Waals surface area contributed by atoms with E-state index in [1.165, 1.54) is 5.56 Å². The molecule has 0 aromatic heterocycles. The summed E-state index contributed by atoms with van der Waals surface area (Å²) in [6.45, 7) is 6.50. The Morgan fingerprint density at radius 1 is 1.14 bits per heavy atom. The smallest absolute Gasteiger partial charge is 0.241 e. The standard InChI is InChI=1S/C18H28N2O/c1-4-15(5-2)20-17(6-3)19-16(18(20)21)13-12-14-10-8-7-9-11-14/h7-11,15-17,19H,4-6,12-13H2,1-3H3. The lowest BCUT2D eigenvalue weighted by atomic mass is 10.0. The summed E-state index contributed by atoms with van der Waals surface area (Å²) < 4.78 is 0. The van der Waals surface area contributed by atoms with Gasteiger partial charge in [-0.25, -0.2) is 0 Å². The van der Waals surface area contributed by atoms with E-state index in [0.29, 0.717) is 11.9 Å². The lowest BCUT2D eigenvalue weighted by molar-refractivity contribution is -0.132. The largest absolute Gasteiger partial charge is 0.323 e. The number of carbonyl (C=O) groups is 1. The van der Waals surface area contributed by atoms with Gasteiger partial charge in [-0.2, -0.15) is 0 Å². The molecule has 116 valence electrons. The third kappa shape index (κ3) is 3.65. The van der Waals surface area contributed by atoms with E-state index in [9.17, 15) is 4.79 Å². The van der Waals surface area contributed by atoms with Crippen LogP contribution >= 0.6 is 0 Å². The summed E-state index contributed by atoms with van der Waals surface area (Å²) in [6, 6.07) is 10.8. The molecule has 0 saturated carbocycles. The molecular weight excluding hydrogens is 260 g/mol. The predicted octanol–water partition coefficient (Wildman–Crippen LogP) is 3.34. The number of nitrogens with one attached hydrogen (secondary N) is 1. The summed E-state index contributed by atoms with van der Waals surface area (Å²) in [5.41, 5.74) is 1.31. The molecule has 0 radical (unpaired) electrons. The molecule has 3 heteroatoms. The minimum atomic E-state index is -0.0178. The molecule has 1 amide bonds. The maximum Gasteiger partial charge on any atom is 0.241 e. The summed E-state index contributed by atoms with van der Waals surface area (Å²) >= 11 is 0. The Morgan fingerprint density at radius 3 is 2.38 bits per heavy atom. The van der Waals surface area contributed by atoms with Gasteiger partial charge in [-0.15, -0.1) is 0 Å². The molecule has 1 saturated heterocycles. The zero-order chi connectivity index (χ0) is 15.2. The Labute approximate surface area is 128 Å². The molecule has 21 heavy (non-hydrogen) atoms. The second-order valence-corrected chi connectivity index (χ2v) is 5.88. The number of amides is 1. The van der Waals surface area contributed by atoms with Crippen LogP contribution in [0.5, 0.6) is 0 Å². The number of hydrogen-bond donors (Lipinski definition) is 1. The summed E-state index contributed by atoms with van der Waals surface area (Å²) in [4.78, 5) is 14.8. The van der Waals surface area contributed by atoms with Crippen LogP contribution in [-0.4, -0.2) is 29.1 Å². The van der Waals surface area contributed by atoms with Crippen molar-refractivity contribution in [3.8, 4) is 0 Å². The van der Waals surface area contributed by atoms with Crippen LogP contribution in [0.15, 0.2) is 30.3 Å². The van der Waals surface area contributed by atoms with E-state index in [0.717, 1.165) is 32.1 Å². The lowest BCUT2D eigenvalue weighted by Crippen LogP contribution is -2.43. The second kappa shape index (κ2) is 7.60. The highest BCUT2D eigenvalue weighted by molar-refractivity contribution is 5.84. The van der Waals surface area contributed by atoms with Crippen molar-refractivity contribution in [3.63, 3.8) is 0 Å². The molecule has 1 fully saturated rings. The molecule has 2 atom stereocenters. The van der Waals surface area contributed by atoms with Gasteiger partial charge in [0.25, 0.3) is 0 Å². The molecular formula is C18H28N2O. The van der Waals surface area contributed by atoms with Gasteiger partial charge in [0.05, 0.1) is 12.2 Å². The van der Waals surface area contributed by atoms with E-state index < -0.39 is 0 Å². The SMILES string of the molecule is CCC(CC)N1C(=O)C(CCc2ccccc2)NC1CC. The Bertz CT molecular complexity index is 442. The molecule has 0 spiro atoms. The third-order valence-electron chi connectivity index (χ3n) is 4.57. The average Bonchev–Trinajstić information content (AvgIpc) is 2.84. The average molecular weight is 288 g/mol. The van der Waals surface area contributed by atoms with Crippen molar-refractivity contribution in [2.24, 2.45) is 0 Å². The van der Waals surface area contributed by atoms with Crippen molar-refractivity contribution >= 4 is 5.91 Å². The van der Waals surface area contributed by atoms with Crippen molar-refractivity contribution in [2.45, 2.75) is 71.1 Å². The summed E-state index contributed by atoms with van der Waals surface area (Å²) in [5.74, 6) is 0.298. The zero-order valence-electron chi connectivity index (χ0n) is 13.5. The lowest BCUT2D eigenvalue weighted by Gasteiger charge is -2.31. The topological polar surface area (TPSA) is 32.3 Å². The molecule has 1 aliphatic rings. The molecule has 3 nitrogen and oxygen atoms in total. The van der Waals surface area contributed by atoms with Gasteiger partial charge in [0, 0.05) is 6.04 Å². The molecule has 0 aliphatic carbocycles. The highest BCUT2D eigenvalue weighted by Crippen LogP contribution is 2.23. The molecule has 2 rings (SSSR count). The Hall–Kier alpha value is -1.35. The normalized spacial score (nSPS) is 22.3. The summed E-state index contributed by atoms with van der Waals surface area (Å²) in [6.07, 6.45) is 5.10. The molecule has 1 aromatic carbocycles. The van der Waals surface area contributed by atoms with E-state index >= 15 is 0 Å². The first-order valence-electron chi connectivity index (χ1n) is 8.33. The number of hydrogen-bond acceptors (Lipinski definition) is 2. The van der Waals surface area contributed by atoms with Gasteiger partial charge in [-0.1, -0.05) is 51.1 Å². The highest BCUT2D eigenvalue weighted by Gasteiger charge is 2.40. The van der Waals surface area contributed by atoms with E-state index in [4.69, 9.17) is 0 Å². The fraction of sp³-hybridized carbons (Fsp3) is 0.611. The summed E-state index contributed by atoms with van der Waals surface area (Å²) in [5, 5.41) is 3.54. The monoisotopic (exact) mass is 288 g/mol. The summed E-state index contributed by atoms with van der Waals surface area (Å²) in [7, 11) is 0. The fourth-order valence-electron chi connectivity index (χ4n) is 3.31. The van der Waals surface area contributed by atoms with Crippen molar-refractivity contribution in [3.05, 3.63) is 35.9 Å². The maximum absolute atomic E-state index is 12.7. The molecule has 1 N–H and O–H groups in total. The predicted molar refractivity (Wildman–Crippen MR) is 87.0 cm³/mol. The van der Waals surface area contributed by atoms with Crippen molar-refractivity contribution in [2.75, 3.05) is 0 Å². The van der Waals surface area contributed by atoms with Gasteiger partial charge in [0.1, 0.15) is 0 Å². The maximum atomic E-state index is 12.7. The van der Waals surface area contributed by atoms with Crippen molar-refractivity contribution in [1.29, 1.82) is 0 Å². The van der Waals surface area contributed by atoms with Gasteiger partial charge in [0.15, 0.2) is 0 Å². The molecule has 0 bridgehead atoms. The van der Waals surface area contributed by atoms with Gasteiger partial charge in [-0.3, -0.25) is 10.1 Å². The van der Waals surface area contributed by atoms with Crippen LogP contribution < -0.4 is 5.32 Å². The molecule has 1 aliphatic heterocycles. The first-order chi connectivity index (χ1) is 10.2. The minimum Gasteiger partial charge on any atom is -0.323 e. The van der Waals surface area contributed by atoms with Crippen molar-refractivity contribution in [1.82, 2.24) is 10.2 Å². The van der Waals surface area contributed by atoms with E-state index in [1.807, 2.05) is 6.07 Å². The number of nitrogens with zero attached hydrogens (tertiary/aromatic N) is 1. The highest BCUT2D eigenvalue weighted by atomic mass is 16.2. The third-order valence-corrected chi connectivity index (χ3v) is 4.57. The van der Waals surface area contributed by atoms with E-state index in [1.54, 1.807) is 0 Å². The Morgan fingerprint density at radius 2 is 1.81 bits per heavy atom. The van der Waals surface area contributed by atoms with Gasteiger partial charge >= 0.3 is 0 Å². The van der Waals surface area contributed by atoms with Crippen LogP contribution in [0, 0.1) is 0 Å². The van der Waals surface area contributed by atoms with Crippen LogP contribution in [0.1, 0.15) is 52.0 Å². The number of carbonyl (C=O) groups excluding carboxylic acids is 1. The van der Waals surface area contributed by atoms with Crippen molar-refractivity contribution < 1.29 is 4.79 Å². The number of aryl methyl sites for hydroxylation is 1.